The van der Waals surface area contributed by atoms with Gasteiger partial charge >= 0.3 is 23.9 Å². The molecule has 4 unspecified atom stereocenters. The summed E-state index contributed by atoms with van der Waals surface area (Å²) in [6, 6.07) is 12.5. The first kappa shape index (κ1) is 92.7. The third-order valence-corrected chi connectivity index (χ3v) is 29.1. The number of likely N-dealkylation sites (N-methyl/N-ethyl adjacent to an activating group) is 2. The zero-order chi connectivity index (χ0) is 84.2. The average molecular weight is 1710 g/mol. The second-order valence-corrected chi connectivity index (χ2v) is 35.2. The summed E-state index contributed by atoms with van der Waals surface area (Å²) in [5, 5.41) is 0. The molecule has 4 aliphatic carbocycles. The molecule has 118 heavy (non-hydrogen) atoms. The Bertz CT molecular complexity index is 3870. The molecule has 0 amide bonds. The molecular formula is C93H139BrN4O20+2. The van der Waals surface area contributed by atoms with Crippen LogP contribution in [0.5, 0.6) is 69.0 Å². The lowest BCUT2D eigenvalue weighted by atomic mass is 9.44. The van der Waals surface area contributed by atoms with Crippen LogP contribution in [0.3, 0.4) is 0 Å². The molecule has 24 nitrogen and oxygen atoms in total. The Morgan fingerprint density at radius 3 is 1.39 bits per heavy atom. The van der Waals surface area contributed by atoms with Crippen LogP contribution in [0, 0.1) is 34.5 Å². The molecule has 6 fully saturated rings. The summed E-state index contributed by atoms with van der Waals surface area (Å²) in [5.41, 5.74) is 6.54. The second kappa shape index (κ2) is 40.9. The number of ether oxygens (including phenoxy) is 16. The van der Waals surface area contributed by atoms with Crippen LogP contribution in [0.15, 0.2) is 49.1 Å². The number of quaternary nitrogens is 3. The van der Waals surface area contributed by atoms with Gasteiger partial charge in [0.2, 0.25) is 23.0 Å². The van der Waals surface area contributed by atoms with E-state index in [-0.39, 0.29) is 90.1 Å². The fourth-order valence-corrected chi connectivity index (χ4v) is 23.2. The number of methoxy groups -OCH3 is 12. The van der Waals surface area contributed by atoms with Gasteiger partial charge in [0.05, 0.1) is 182 Å². The minimum atomic E-state index is -0.457. The fourth-order valence-electron chi connectivity index (χ4n) is 23.2. The summed E-state index contributed by atoms with van der Waals surface area (Å²) in [6.07, 6.45) is 22.4. The van der Waals surface area contributed by atoms with E-state index in [0.29, 0.717) is 159 Å². The van der Waals surface area contributed by atoms with E-state index in [1.165, 1.54) is 77.3 Å². The van der Waals surface area contributed by atoms with E-state index in [2.05, 4.69) is 45.5 Å². The molecule has 4 saturated carbocycles. The standard InChI is InChI=1S/C56H78N2O16.C37H61N2O4.BrH/c1-57(23-19-37-33-45(65-7)53(69-11)55(71-13)49(37)39(57)27-35-29-41(61-3)51(67-9)42(30-35)62-4)21-15-25-73-47(59)17-18-48(60)74-26-16-22-58(2)24-20-38-34-46(66-8)54(70-12)56(72-14)50(38)40(58)28-36-31-43(63-5)52(68-10)44(32-36)64-6;1-6-20-39(21-12-9-13-22-39)32-24-30-28-15-14-27-23-33(42-26(3)40)31(38-18-10-8-11-19-38)25-37(27,5)29(28)16-17-36(30,4)35(32)43-34(41)7-2;/h29-34,39-40H,15-28H2,1-14H3;6,27-33,35H,1,7-25H2,2-5H3;1H/q+2;+1;/p-1/t;27-,28+,29-,30-,31-,32-,33-,35-,36-,37-;/m.0./s1. The molecule has 0 bridgehead atoms. The van der Waals surface area contributed by atoms with Crippen molar-refractivity contribution in [3.05, 3.63) is 82.4 Å². The monoisotopic (exact) mass is 1710 g/mol. The molecule has 0 spiro atoms. The Kier molecular flexibility index (Phi) is 32.1. The van der Waals surface area contributed by atoms with Crippen LogP contribution >= 0.6 is 0 Å². The molecule has 0 N–H and O–H groups in total. The topological polar surface area (TPSA) is 219 Å². The number of carbonyl (C=O) groups excluding carboxylic acids is 4. The minimum absolute atomic E-state index is 0. The third-order valence-electron chi connectivity index (χ3n) is 29.1. The molecule has 25 heteroatoms. The van der Waals surface area contributed by atoms with Crippen molar-refractivity contribution in [3.8, 4) is 69.0 Å². The van der Waals surface area contributed by atoms with Crippen LogP contribution in [0.1, 0.15) is 189 Å². The lowest BCUT2D eigenvalue weighted by Gasteiger charge is -2.62. The number of fused-ring (bicyclic) bond motifs is 7. The van der Waals surface area contributed by atoms with Crippen LogP contribution in [-0.4, -0.2) is 238 Å². The number of halogens is 1. The molecule has 0 radical (unpaired) electrons. The van der Waals surface area contributed by atoms with E-state index in [9.17, 15) is 19.2 Å². The molecule has 4 aliphatic heterocycles. The van der Waals surface area contributed by atoms with Gasteiger partial charge in [0.25, 0.3) is 0 Å². The number of likely N-dealkylation sites (tertiary alicyclic amines) is 2. The third kappa shape index (κ3) is 19.2. The van der Waals surface area contributed by atoms with Crippen molar-refractivity contribution in [3.63, 3.8) is 0 Å². The summed E-state index contributed by atoms with van der Waals surface area (Å²) in [4.78, 5) is 54.1. The van der Waals surface area contributed by atoms with Crippen molar-refractivity contribution in [2.75, 3.05) is 172 Å². The molecular weight excluding hydrogens is 1570 g/mol. The molecule has 656 valence electrons. The first-order chi connectivity index (χ1) is 56.3. The van der Waals surface area contributed by atoms with E-state index >= 15 is 0 Å². The zero-order valence-electron chi connectivity index (χ0n) is 74.2. The molecule has 0 aromatic heterocycles. The van der Waals surface area contributed by atoms with Crippen molar-refractivity contribution >= 4 is 23.9 Å². The van der Waals surface area contributed by atoms with Crippen molar-refractivity contribution < 1.29 is 125 Å². The van der Waals surface area contributed by atoms with Crippen LogP contribution < -0.4 is 73.8 Å². The highest BCUT2D eigenvalue weighted by molar-refractivity contribution is 5.77. The van der Waals surface area contributed by atoms with Crippen LogP contribution in [0.4, 0.5) is 0 Å². The number of hydrogen-bond donors (Lipinski definition) is 0. The summed E-state index contributed by atoms with van der Waals surface area (Å²) in [6.45, 7) is 21.9. The van der Waals surface area contributed by atoms with Crippen molar-refractivity contribution in [2.24, 2.45) is 34.5 Å². The van der Waals surface area contributed by atoms with E-state index in [0.717, 1.165) is 103 Å². The highest BCUT2D eigenvalue weighted by atomic mass is 79.9. The normalized spacial score (nSPS) is 27.9. The van der Waals surface area contributed by atoms with E-state index in [1.807, 2.05) is 43.3 Å². The summed E-state index contributed by atoms with van der Waals surface area (Å²) < 4.78 is 96.0. The minimum Gasteiger partial charge on any atom is -1.00 e. The maximum absolute atomic E-state index is 13.1. The lowest BCUT2D eigenvalue weighted by molar-refractivity contribution is -0.952. The van der Waals surface area contributed by atoms with Gasteiger partial charge in [0, 0.05) is 69.7 Å². The Morgan fingerprint density at radius 1 is 0.517 bits per heavy atom. The van der Waals surface area contributed by atoms with Crippen molar-refractivity contribution in [2.45, 2.75) is 205 Å². The largest absolute Gasteiger partial charge is 1.00 e. The smallest absolute Gasteiger partial charge is 0.306 e. The number of esters is 4. The van der Waals surface area contributed by atoms with E-state index in [4.69, 9.17) is 75.8 Å². The van der Waals surface area contributed by atoms with Gasteiger partial charge in [-0.05, 0) is 178 Å². The Labute approximate surface area is 713 Å². The molecule has 14 atom stereocenters. The number of carbonyl (C=O) groups is 4. The van der Waals surface area contributed by atoms with Crippen LogP contribution in [-0.2, 0) is 63.8 Å². The van der Waals surface area contributed by atoms with Gasteiger partial charge in [-0.2, -0.15) is 0 Å². The lowest BCUT2D eigenvalue weighted by Crippen LogP contribution is -3.00. The molecule has 4 heterocycles. The fraction of sp³-hybridized carbons (Fsp3) is 0.677. The van der Waals surface area contributed by atoms with Gasteiger partial charge in [0.15, 0.2) is 52.1 Å². The van der Waals surface area contributed by atoms with Gasteiger partial charge < -0.3 is 106 Å². The van der Waals surface area contributed by atoms with Crippen LogP contribution in [0.25, 0.3) is 0 Å². The van der Waals surface area contributed by atoms with Gasteiger partial charge in [-0.3, -0.25) is 24.1 Å². The quantitative estimate of drug-likeness (QED) is 0.0139. The number of nitrogens with zero attached hydrogens (tertiary/aromatic N) is 4. The molecule has 2 saturated heterocycles. The highest BCUT2D eigenvalue weighted by Gasteiger charge is 2.68. The number of hydrogen-bond acceptors (Lipinski definition) is 21. The summed E-state index contributed by atoms with van der Waals surface area (Å²) in [5.74, 6) is 8.32. The molecule has 12 rings (SSSR count). The number of piperidine rings is 2. The number of rotatable bonds is 34. The van der Waals surface area contributed by atoms with E-state index in [1.54, 1.807) is 92.2 Å². The van der Waals surface area contributed by atoms with Gasteiger partial charge in [0.1, 0.15) is 24.2 Å². The zero-order valence-corrected chi connectivity index (χ0v) is 75.8. The van der Waals surface area contributed by atoms with Gasteiger partial charge in [-0.15, -0.1) is 0 Å². The van der Waals surface area contributed by atoms with Crippen LogP contribution in [0.2, 0.25) is 0 Å². The second-order valence-electron chi connectivity index (χ2n) is 35.2. The van der Waals surface area contributed by atoms with Crippen molar-refractivity contribution in [1.29, 1.82) is 0 Å². The molecule has 4 aromatic rings. The maximum Gasteiger partial charge on any atom is 0.306 e. The summed E-state index contributed by atoms with van der Waals surface area (Å²) in [7, 11) is 23.7. The first-order valence-corrected chi connectivity index (χ1v) is 43.1. The Balaban J connectivity index is 0.000000281. The van der Waals surface area contributed by atoms with Gasteiger partial charge in [-0.1, -0.05) is 33.8 Å². The SMILES string of the molecule is C=CC[N+]1([C@H]2C[C@H]3[C@@H]4CC[C@H]5C[C@H](OC(C)=O)[C@@H](N6CCCCC6)C[C@]5(C)[C@H]4CC[C@]3(C)[C@H]2OC(=O)CC)CCCCC1.COc1cc(CC2c3c(cc(OC)c(OC)c3OC)CC[N+]2(C)CCCOC(=O)CCC(=O)OCCC[N+]2(C)CCc3cc(OC)c(OC)c(OC)c3C2Cc2cc(OC)c(OC)c(OC)c2)cc(OC)c1OC.[Br-]. The predicted molar refractivity (Wildman–Crippen MR) is 447 cm³/mol. The van der Waals surface area contributed by atoms with Crippen molar-refractivity contribution in [1.82, 2.24) is 4.90 Å². The maximum atomic E-state index is 13.1. The Morgan fingerprint density at radius 2 is 0.966 bits per heavy atom. The summed E-state index contributed by atoms with van der Waals surface area (Å²) >= 11 is 0. The van der Waals surface area contributed by atoms with E-state index < -0.39 is 11.9 Å². The predicted octanol–water partition coefficient (Wildman–Crippen LogP) is 11.6. The molecule has 8 aliphatic rings. The van der Waals surface area contributed by atoms with Gasteiger partial charge in [-0.25, -0.2) is 0 Å². The molecule has 4 aromatic carbocycles. The first-order valence-electron chi connectivity index (χ1n) is 43.1. The highest BCUT2D eigenvalue weighted by Crippen LogP contribution is 2.68. The number of benzene rings is 4. The Hall–Kier alpha value is -7.58. The average Bonchev–Trinajstić information content (AvgIpc) is 1.48.